The lowest BCUT2D eigenvalue weighted by atomic mass is 10.1. The number of aromatic amines is 1. The number of piperidine rings is 1. The molecule has 2 aromatic carbocycles. The summed E-state index contributed by atoms with van der Waals surface area (Å²) in [6, 6.07) is 15.6. The third-order valence-corrected chi connectivity index (χ3v) is 6.43. The first kappa shape index (κ1) is 20.6. The minimum absolute atomic E-state index is 0.0819. The number of nitrogens with one attached hydrogen (secondary N) is 2. The zero-order valence-corrected chi connectivity index (χ0v) is 18.2. The number of para-hydroxylation sites is 1. The lowest BCUT2D eigenvalue weighted by molar-refractivity contribution is -0.134. The molecule has 2 fully saturated rings. The summed E-state index contributed by atoms with van der Waals surface area (Å²) in [6.07, 6.45) is 6.62. The van der Waals surface area contributed by atoms with Gasteiger partial charge in [-0.3, -0.25) is 9.59 Å². The van der Waals surface area contributed by atoms with Gasteiger partial charge in [0.1, 0.15) is 11.9 Å². The first-order chi connectivity index (χ1) is 15.7. The Bertz CT molecular complexity index is 1110. The van der Waals surface area contributed by atoms with E-state index >= 15 is 0 Å². The second-order valence-electron chi connectivity index (χ2n) is 8.81. The van der Waals surface area contributed by atoms with Crippen LogP contribution in [0.4, 0.5) is 0 Å². The standard InChI is InChI=1S/C26H29N3O3/c30-25(27-13-10-20-17-28-24-7-2-1-6-23(20)24)19-4-3-5-22(16-19)32-21-11-14-29(15-12-21)26(31)18-8-9-18/h1-7,16-18,21,28H,8-15H2,(H,27,30). The summed E-state index contributed by atoms with van der Waals surface area (Å²) in [7, 11) is 0. The molecule has 6 heteroatoms. The summed E-state index contributed by atoms with van der Waals surface area (Å²) in [6.45, 7) is 2.08. The molecule has 1 saturated heterocycles. The fraction of sp³-hybridized carbons (Fsp3) is 0.385. The van der Waals surface area contributed by atoms with Crippen LogP contribution in [0.1, 0.15) is 41.6 Å². The van der Waals surface area contributed by atoms with E-state index in [0.717, 1.165) is 50.7 Å². The van der Waals surface area contributed by atoms with Crippen LogP contribution in [0.2, 0.25) is 0 Å². The quantitative estimate of drug-likeness (QED) is 0.595. The van der Waals surface area contributed by atoms with Crippen LogP contribution in [0.15, 0.2) is 54.7 Å². The molecule has 0 atom stereocenters. The van der Waals surface area contributed by atoms with Crippen LogP contribution in [0.3, 0.4) is 0 Å². The van der Waals surface area contributed by atoms with Crippen molar-refractivity contribution in [1.82, 2.24) is 15.2 Å². The van der Waals surface area contributed by atoms with Crippen molar-refractivity contribution >= 4 is 22.7 Å². The molecule has 2 amide bonds. The summed E-state index contributed by atoms with van der Waals surface area (Å²) in [4.78, 5) is 30.1. The number of hydrogen-bond donors (Lipinski definition) is 2. The molecule has 2 aliphatic rings. The summed E-state index contributed by atoms with van der Waals surface area (Å²) >= 11 is 0. The maximum absolute atomic E-state index is 12.7. The molecule has 166 valence electrons. The Labute approximate surface area is 187 Å². The Hall–Kier alpha value is -3.28. The number of H-pyrrole nitrogens is 1. The third-order valence-electron chi connectivity index (χ3n) is 6.43. The SMILES string of the molecule is O=C(NCCc1c[nH]c2ccccc12)c1cccc(OC2CCN(C(=O)C3CC3)CC2)c1. The van der Waals surface area contributed by atoms with E-state index in [1.54, 1.807) is 0 Å². The van der Waals surface area contributed by atoms with Gasteiger partial charge in [0.25, 0.3) is 5.91 Å². The van der Waals surface area contributed by atoms with Gasteiger partial charge < -0.3 is 19.9 Å². The molecule has 0 radical (unpaired) electrons. The average molecular weight is 432 g/mol. The van der Waals surface area contributed by atoms with Gasteiger partial charge in [-0.25, -0.2) is 0 Å². The van der Waals surface area contributed by atoms with Crippen molar-refractivity contribution in [2.24, 2.45) is 5.92 Å². The van der Waals surface area contributed by atoms with Gasteiger partial charge in [0, 0.05) is 61.1 Å². The number of ether oxygens (including phenoxy) is 1. The molecule has 1 aromatic heterocycles. The smallest absolute Gasteiger partial charge is 0.251 e. The number of carbonyl (C=O) groups is 2. The third kappa shape index (κ3) is 4.64. The zero-order valence-electron chi connectivity index (χ0n) is 18.2. The Morgan fingerprint density at radius 2 is 1.84 bits per heavy atom. The normalized spacial score (nSPS) is 16.8. The van der Waals surface area contributed by atoms with Crippen molar-refractivity contribution in [1.29, 1.82) is 0 Å². The molecule has 1 saturated carbocycles. The highest BCUT2D eigenvalue weighted by molar-refractivity contribution is 5.94. The number of likely N-dealkylation sites (tertiary alicyclic amines) is 1. The van der Waals surface area contributed by atoms with Crippen molar-refractivity contribution < 1.29 is 14.3 Å². The van der Waals surface area contributed by atoms with Crippen LogP contribution in [-0.2, 0) is 11.2 Å². The largest absolute Gasteiger partial charge is 0.490 e. The highest BCUT2D eigenvalue weighted by Gasteiger charge is 2.35. The summed E-state index contributed by atoms with van der Waals surface area (Å²) in [5, 5.41) is 4.21. The number of carbonyl (C=O) groups excluding carboxylic acids is 2. The maximum atomic E-state index is 12.7. The second-order valence-corrected chi connectivity index (χ2v) is 8.81. The van der Waals surface area contributed by atoms with Crippen LogP contribution in [0, 0.1) is 5.92 Å². The van der Waals surface area contributed by atoms with Crippen molar-refractivity contribution in [2.75, 3.05) is 19.6 Å². The highest BCUT2D eigenvalue weighted by atomic mass is 16.5. The first-order valence-electron chi connectivity index (χ1n) is 11.6. The van der Waals surface area contributed by atoms with Crippen molar-refractivity contribution in [3.8, 4) is 5.75 Å². The van der Waals surface area contributed by atoms with Gasteiger partial charge in [-0.1, -0.05) is 24.3 Å². The van der Waals surface area contributed by atoms with Gasteiger partial charge in [0.15, 0.2) is 0 Å². The molecular weight excluding hydrogens is 402 g/mol. The number of hydrogen-bond acceptors (Lipinski definition) is 3. The molecule has 0 spiro atoms. The molecule has 6 nitrogen and oxygen atoms in total. The molecule has 0 bridgehead atoms. The fourth-order valence-corrected chi connectivity index (χ4v) is 4.44. The van der Waals surface area contributed by atoms with Gasteiger partial charge in [-0.2, -0.15) is 0 Å². The van der Waals surface area contributed by atoms with Crippen LogP contribution in [0.25, 0.3) is 10.9 Å². The summed E-state index contributed by atoms with van der Waals surface area (Å²) < 4.78 is 6.14. The molecule has 0 unspecified atom stereocenters. The lowest BCUT2D eigenvalue weighted by Gasteiger charge is -2.32. The molecule has 2 N–H and O–H groups in total. The van der Waals surface area contributed by atoms with E-state index in [1.165, 1.54) is 10.9 Å². The van der Waals surface area contributed by atoms with E-state index < -0.39 is 0 Å². The van der Waals surface area contributed by atoms with Gasteiger partial charge in [-0.05, 0) is 49.1 Å². The second kappa shape index (κ2) is 9.07. The lowest BCUT2D eigenvalue weighted by Crippen LogP contribution is -2.42. The van der Waals surface area contributed by atoms with Crippen LogP contribution in [-0.4, -0.2) is 47.4 Å². The van der Waals surface area contributed by atoms with Crippen LogP contribution < -0.4 is 10.1 Å². The molecule has 3 aromatic rings. The number of nitrogens with zero attached hydrogens (tertiary/aromatic N) is 1. The highest BCUT2D eigenvalue weighted by Crippen LogP contribution is 2.32. The van der Waals surface area contributed by atoms with E-state index in [9.17, 15) is 9.59 Å². The monoisotopic (exact) mass is 431 g/mol. The predicted molar refractivity (Wildman–Crippen MR) is 124 cm³/mol. The first-order valence-corrected chi connectivity index (χ1v) is 11.6. The van der Waals surface area contributed by atoms with Crippen LogP contribution >= 0.6 is 0 Å². The number of amides is 2. The Morgan fingerprint density at radius 3 is 2.66 bits per heavy atom. The molecule has 1 aliphatic heterocycles. The van der Waals surface area contributed by atoms with E-state index in [-0.39, 0.29) is 17.9 Å². The molecule has 5 rings (SSSR count). The molecule has 32 heavy (non-hydrogen) atoms. The van der Waals surface area contributed by atoms with E-state index in [0.29, 0.717) is 23.8 Å². The van der Waals surface area contributed by atoms with Gasteiger partial charge in [0.05, 0.1) is 0 Å². The van der Waals surface area contributed by atoms with E-state index in [2.05, 4.69) is 22.4 Å². The number of aromatic nitrogens is 1. The van der Waals surface area contributed by atoms with E-state index in [1.807, 2.05) is 47.5 Å². The van der Waals surface area contributed by atoms with Crippen molar-refractivity contribution in [2.45, 2.75) is 38.2 Å². The average Bonchev–Trinajstić information content (AvgIpc) is 3.60. The minimum Gasteiger partial charge on any atom is -0.490 e. The number of rotatable bonds is 7. The maximum Gasteiger partial charge on any atom is 0.251 e. The number of benzene rings is 2. The van der Waals surface area contributed by atoms with Gasteiger partial charge >= 0.3 is 0 Å². The van der Waals surface area contributed by atoms with Crippen molar-refractivity contribution in [3.05, 3.63) is 65.9 Å². The molecule has 1 aliphatic carbocycles. The molecule has 2 heterocycles. The minimum atomic E-state index is -0.0971. The number of fused-ring (bicyclic) bond motifs is 1. The Kier molecular flexibility index (Phi) is 5.84. The van der Waals surface area contributed by atoms with Gasteiger partial charge in [0.2, 0.25) is 5.91 Å². The van der Waals surface area contributed by atoms with Crippen molar-refractivity contribution in [3.63, 3.8) is 0 Å². The fourth-order valence-electron chi connectivity index (χ4n) is 4.44. The topological polar surface area (TPSA) is 74.4 Å². The summed E-state index contributed by atoms with van der Waals surface area (Å²) in [5.74, 6) is 1.20. The Balaban J connectivity index is 1.12. The Morgan fingerprint density at radius 1 is 1.03 bits per heavy atom. The summed E-state index contributed by atoms with van der Waals surface area (Å²) in [5.41, 5.74) is 2.91. The molecular formula is C26H29N3O3. The van der Waals surface area contributed by atoms with Crippen LogP contribution in [0.5, 0.6) is 5.75 Å². The predicted octanol–water partition coefficient (Wildman–Crippen LogP) is 3.92. The zero-order chi connectivity index (χ0) is 21.9. The van der Waals surface area contributed by atoms with Gasteiger partial charge in [-0.15, -0.1) is 0 Å². The van der Waals surface area contributed by atoms with E-state index in [4.69, 9.17) is 4.74 Å².